The Kier molecular flexibility index (Phi) is 10.4. The molecule has 1 heterocycles. The van der Waals surface area contributed by atoms with E-state index in [1.54, 1.807) is 24.3 Å². The van der Waals surface area contributed by atoms with Crippen molar-refractivity contribution in [2.24, 2.45) is 5.92 Å². The first-order chi connectivity index (χ1) is 17.4. The molecule has 1 aliphatic heterocycles. The summed E-state index contributed by atoms with van der Waals surface area (Å²) in [6.07, 6.45) is 0.258. The molecule has 0 aromatic heterocycles. The predicted molar refractivity (Wildman–Crippen MR) is 136 cm³/mol. The van der Waals surface area contributed by atoms with Crippen LogP contribution < -0.4 is 15.4 Å². The smallest absolute Gasteiger partial charge is 0.417 e. The first kappa shape index (κ1) is 27.3. The van der Waals surface area contributed by atoms with Crippen LogP contribution in [-0.4, -0.2) is 48.8 Å². The van der Waals surface area contributed by atoms with Crippen molar-refractivity contribution < 1.29 is 28.7 Å². The van der Waals surface area contributed by atoms with Gasteiger partial charge in [0.25, 0.3) is 0 Å². The average Bonchev–Trinajstić information content (AvgIpc) is 3.29. The summed E-state index contributed by atoms with van der Waals surface area (Å²) in [4.78, 5) is 49.9. The summed E-state index contributed by atoms with van der Waals surface area (Å²) < 4.78 is 12.6. The largest absolute Gasteiger partial charge is 0.467 e. The average molecular weight is 534 g/mol. The van der Waals surface area contributed by atoms with Gasteiger partial charge in [0.05, 0.1) is 7.11 Å². The zero-order valence-electron chi connectivity index (χ0n) is 19.7. The molecule has 2 aromatic carbocycles. The number of hydrogen-bond acceptors (Lipinski definition) is 7. The van der Waals surface area contributed by atoms with Crippen LogP contribution in [0.15, 0.2) is 54.6 Å². The second-order valence-electron chi connectivity index (χ2n) is 8.20. The van der Waals surface area contributed by atoms with Gasteiger partial charge < -0.3 is 20.1 Å². The summed E-state index contributed by atoms with van der Waals surface area (Å²) >= 11 is 6.83. The van der Waals surface area contributed by atoms with Crippen molar-refractivity contribution in [1.29, 1.82) is 0 Å². The molecule has 36 heavy (non-hydrogen) atoms. The minimum absolute atomic E-state index is 0.0103. The molecular formula is C25H28ClN3O6S. The van der Waals surface area contributed by atoms with E-state index in [2.05, 4.69) is 15.4 Å². The number of hydrogen-bond donors (Lipinski definition) is 3. The van der Waals surface area contributed by atoms with Gasteiger partial charge in [0, 0.05) is 17.5 Å². The van der Waals surface area contributed by atoms with Crippen molar-refractivity contribution >= 4 is 47.4 Å². The van der Waals surface area contributed by atoms with E-state index in [0.29, 0.717) is 18.0 Å². The molecule has 192 valence electrons. The number of benzene rings is 2. The Labute approximate surface area is 218 Å². The lowest BCUT2D eigenvalue weighted by atomic mass is 9.98. The fraction of sp³-hybridized carbons (Fsp3) is 0.360. The maximum Gasteiger partial charge on any atom is 0.417 e. The van der Waals surface area contributed by atoms with E-state index >= 15 is 0 Å². The Morgan fingerprint density at radius 2 is 1.89 bits per heavy atom. The van der Waals surface area contributed by atoms with Crippen LogP contribution in [-0.2, 0) is 36.9 Å². The van der Waals surface area contributed by atoms with Crippen LogP contribution in [0.3, 0.4) is 0 Å². The van der Waals surface area contributed by atoms with Crippen LogP contribution in [0.1, 0.15) is 24.0 Å². The Morgan fingerprint density at radius 1 is 1.14 bits per heavy atom. The molecule has 1 fully saturated rings. The molecule has 0 spiro atoms. The van der Waals surface area contributed by atoms with Gasteiger partial charge in [0.15, 0.2) is 0 Å². The van der Waals surface area contributed by atoms with E-state index in [1.807, 2.05) is 30.3 Å². The SMILES string of the molecule is COC(=O)[C@H](CC1CCNC1=O)NC(=O)[C@H](Cc1ccccc1)SNC(=O)OCc1cccc(Cl)c1. The molecule has 0 bridgehead atoms. The van der Waals surface area contributed by atoms with Crippen molar-refractivity contribution in [1.82, 2.24) is 15.4 Å². The summed E-state index contributed by atoms with van der Waals surface area (Å²) in [5.41, 5.74) is 1.59. The molecule has 3 rings (SSSR count). The zero-order chi connectivity index (χ0) is 25.9. The van der Waals surface area contributed by atoms with Gasteiger partial charge in [-0.1, -0.05) is 54.1 Å². The maximum absolute atomic E-state index is 13.2. The molecule has 1 aliphatic rings. The number of nitrogens with one attached hydrogen (secondary N) is 3. The predicted octanol–water partition coefficient (Wildman–Crippen LogP) is 3.01. The van der Waals surface area contributed by atoms with Gasteiger partial charge in [-0.3, -0.25) is 14.3 Å². The Hall–Kier alpha value is -3.24. The number of esters is 1. The van der Waals surface area contributed by atoms with Gasteiger partial charge in [-0.2, -0.15) is 0 Å². The lowest BCUT2D eigenvalue weighted by Crippen LogP contribution is -2.47. The maximum atomic E-state index is 13.2. The second kappa shape index (κ2) is 13.7. The van der Waals surface area contributed by atoms with Crippen LogP contribution in [0.5, 0.6) is 0 Å². The third kappa shape index (κ3) is 8.46. The normalized spacial score (nSPS) is 16.4. The van der Waals surface area contributed by atoms with E-state index < -0.39 is 35.2 Å². The standard InChI is InChI=1S/C25H28ClN3O6S/c1-34-24(32)20(14-18-10-11-27-22(18)30)28-23(31)21(13-16-6-3-2-4-7-16)36-29-25(33)35-15-17-8-5-9-19(26)12-17/h2-9,12,18,20-21H,10-11,13-15H2,1H3,(H,27,30)(H,28,31)(H,29,33)/t18?,20-,21-/m0/s1. The first-order valence-electron chi connectivity index (χ1n) is 11.4. The summed E-state index contributed by atoms with van der Waals surface area (Å²) in [5.74, 6) is -1.67. The Balaban J connectivity index is 1.63. The van der Waals surface area contributed by atoms with Crippen molar-refractivity contribution in [2.45, 2.75) is 37.2 Å². The third-order valence-corrected chi connectivity index (χ3v) is 6.77. The number of ether oxygens (including phenoxy) is 2. The molecule has 0 radical (unpaired) electrons. The molecule has 0 aliphatic carbocycles. The molecule has 2 aromatic rings. The fourth-order valence-corrected chi connectivity index (χ4v) is 4.68. The summed E-state index contributed by atoms with van der Waals surface area (Å²) in [5, 5.41) is 5.17. The first-order valence-corrected chi connectivity index (χ1v) is 12.6. The van der Waals surface area contributed by atoms with Crippen LogP contribution in [0.2, 0.25) is 5.02 Å². The molecule has 0 saturated carbocycles. The number of halogens is 1. The van der Waals surface area contributed by atoms with Crippen molar-refractivity contribution in [3.63, 3.8) is 0 Å². The summed E-state index contributed by atoms with van der Waals surface area (Å²) in [6.45, 7) is 0.537. The highest BCUT2D eigenvalue weighted by Gasteiger charge is 2.33. The number of carbonyl (C=O) groups excluding carboxylic acids is 4. The minimum atomic E-state index is -0.995. The lowest BCUT2D eigenvalue weighted by molar-refractivity contribution is -0.145. The van der Waals surface area contributed by atoms with E-state index in [9.17, 15) is 19.2 Å². The van der Waals surface area contributed by atoms with Crippen molar-refractivity contribution in [3.05, 3.63) is 70.7 Å². The van der Waals surface area contributed by atoms with Crippen LogP contribution in [0, 0.1) is 5.92 Å². The lowest BCUT2D eigenvalue weighted by Gasteiger charge is -2.22. The highest BCUT2D eigenvalue weighted by molar-refractivity contribution is 7.99. The highest BCUT2D eigenvalue weighted by Crippen LogP contribution is 2.19. The van der Waals surface area contributed by atoms with E-state index in [4.69, 9.17) is 21.1 Å². The monoisotopic (exact) mass is 533 g/mol. The molecule has 3 N–H and O–H groups in total. The molecule has 1 saturated heterocycles. The number of amides is 3. The Bertz CT molecular complexity index is 1070. The zero-order valence-corrected chi connectivity index (χ0v) is 21.3. The molecule has 11 heteroatoms. The molecule has 3 atom stereocenters. The topological polar surface area (TPSA) is 123 Å². The fourth-order valence-electron chi connectivity index (χ4n) is 3.72. The van der Waals surface area contributed by atoms with Gasteiger partial charge in [-0.05, 0) is 54.5 Å². The molecule has 3 amide bonds. The van der Waals surface area contributed by atoms with Gasteiger partial charge >= 0.3 is 12.1 Å². The summed E-state index contributed by atoms with van der Waals surface area (Å²) in [6, 6.07) is 15.2. The number of methoxy groups -OCH3 is 1. The van der Waals surface area contributed by atoms with Gasteiger partial charge in [-0.25, -0.2) is 9.59 Å². The van der Waals surface area contributed by atoms with Crippen LogP contribution >= 0.6 is 23.5 Å². The van der Waals surface area contributed by atoms with Crippen molar-refractivity contribution in [3.8, 4) is 0 Å². The van der Waals surface area contributed by atoms with Crippen LogP contribution in [0.4, 0.5) is 4.79 Å². The van der Waals surface area contributed by atoms with Gasteiger partial charge in [0.1, 0.15) is 17.9 Å². The molecule has 1 unspecified atom stereocenters. The Morgan fingerprint density at radius 3 is 2.56 bits per heavy atom. The minimum Gasteiger partial charge on any atom is -0.467 e. The van der Waals surface area contributed by atoms with E-state index in [0.717, 1.165) is 23.1 Å². The third-order valence-electron chi connectivity index (χ3n) is 5.59. The molecular weight excluding hydrogens is 506 g/mol. The number of carbonyl (C=O) groups is 4. The van der Waals surface area contributed by atoms with E-state index in [1.165, 1.54) is 7.11 Å². The summed E-state index contributed by atoms with van der Waals surface area (Å²) in [7, 11) is 1.23. The van der Waals surface area contributed by atoms with Crippen LogP contribution in [0.25, 0.3) is 0 Å². The number of rotatable bonds is 11. The van der Waals surface area contributed by atoms with Gasteiger partial charge in [0.2, 0.25) is 11.8 Å². The van der Waals surface area contributed by atoms with Gasteiger partial charge in [-0.15, -0.1) is 0 Å². The van der Waals surface area contributed by atoms with Crippen molar-refractivity contribution in [2.75, 3.05) is 13.7 Å². The quantitative estimate of drug-likeness (QED) is 0.300. The molecule has 9 nitrogen and oxygen atoms in total. The second-order valence-corrected chi connectivity index (χ2v) is 9.65. The van der Waals surface area contributed by atoms with E-state index in [-0.39, 0.29) is 25.4 Å². The highest BCUT2D eigenvalue weighted by atomic mass is 35.5.